The van der Waals surface area contributed by atoms with Crippen LogP contribution in [0.3, 0.4) is 0 Å². The molecule has 0 aromatic carbocycles. The molecule has 0 amide bonds. The van der Waals surface area contributed by atoms with E-state index in [1.807, 2.05) is 7.11 Å². The van der Waals surface area contributed by atoms with Gasteiger partial charge in [0.05, 0.1) is 6.10 Å². The monoisotopic (exact) mass is 242 g/mol. The second kappa shape index (κ2) is 8.06. The predicted molar refractivity (Wildman–Crippen MR) is 73.1 cm³/mol. The van der Waals surface area contributed by atoms with Crippen molar-refractivity contribution in [1.29, 1.82) is 0 Å². The molecule has 2 N–H and O–H groups in total. The lowest BCUT2D eigenvalue weighted by Gasteiger charge is -2.33. The summed E-state index contributed by atoms with van der Waals surface area (Å²) in [5, 5.41) is 0. The fourth-order valence-electron chi connectivity index (χ4n) is 2.69. The van der Waals surface area contributed by atoms with Crippen LogP contribution >= 0.6 is 0 Å². The minimum atomic E-state index is 0.357. The van der Waals surface area contributed by atoms with Crippen molar-refractivity contribution >= 4 is 0 Å². The Labute approximate surface area is 107 Å². The minimum Gasteiger partial charge on any atom is -0.380 e. The van der Waals surface area contributed by atoms with Crippen molar-refractivity contribution in [3.05, 3.63) is 0 Å². The summed E-state index contributed by atoms with van der Waals surface area (Å²) >= 11 is 0. The molecule has 0 radical (unpaired) electrons. The van der Waals surface area contributed by atoms with Crippen LogP contribution in [0.5, 0.6) is 0 Å². The van der Waals surface area contributed by atoms with E-state index in [2.05, 4.69) is 18.7 Å². The number of methoxy groups -OCH3 is 1. The zero-order valence-electron chi connectivity index (χ0n) is 11.8. The largest absolute Gasteiger partial charge is 0.380 e. The molecule has 1 fully saturated rings. The number of nitrogens with zero attached hydrogens (tertiary/aromatic N) is 1. The van der Waals surface area contributed by atoms with Crippen molar-refractivity contribution in [3.63, 3.8) is 0 Å². The highest BCUT2D eigenvalue weighted by molar-refractivity contribution is 4.74. The highest BCUT2D eigenvalue weighted by Gasteiger charge is 2.20. The first-order valence-electron chi connectivity index (χ1n) is 7.12. The third-order valence-corrected chi connectivity index (χ3v) is 3.72. The third kappa shape index (κ3) is 6.39. The smallest absolute Gasteiger partial charge is 0.0698 e. The Kier molecular flexibility index (Phi) is 7.09. The number of rotatable bonds is 7. The van der Waals surface area contributed by atoms with Crippen molar-refractivity contribution in [1.82, 2.24) is 4.90 Å². The molecule has 1 saturated heterocycles. The second-order valence-corrected chi connectivity index (χ2v) is 5.77. The first-order chi connectivity index (χ1) is 8.11. The Morgan fingerprint density at radius 2 is 2.12 bits per heavy atom. The van der Waals surface area contributed by atoms with Crippen LogP contribution in [-0.2, 0) is 4.74 Å². The summed E-state index contributed by atoms with van der Waals surface area (Å²) < 4.78 is 5.46. The normalized spacial score (nSPS) is 25.8. The van der Waals surface area contributed by atoms with Crippen molar-refractivity contribution in [2.24, 2.45) is 11.7 Å². The topological polar surface area (TPSA) is 38.5 Å². The Hall–Kier alpha value is -0.120. The van der Waals surface area contributed by atoms with Gasteiger partial charge in [0, 0.05) is 26.2 Å². The van der Waals surface area contributed by atoms with Crippen LogP contribution in [0.2, 0.25) is 0 Å². The number of likely N-dealkylation sites (tertiary alicyclic amines) is 1. The standard InChI is InChI=1S/C14H30N2O/c1-12(6-4-7-13(2)15)10-16-9-5-8-14(11-16)17-3/h12-14H,4-11,15H2,1-3H3. The molecule has 1 rings (SSSR count). The van der Waals surface area contributed by atoms with Crippen LogP contribution in [0.4, 0.5) is 0 Å². The van der Waals surface area contributed by atoms with E-state index in [0.717, 1.165) is 18.9 Å². The van der Waals surface area contributed by atoms with E-state index in [-0.39, 0.29) is 0 Å². The molecule has 0 bridgehead atoms. The first-order valence-corrected chi connectivity index (χ1v) is 7.12. The Bertz CT molecular complexity index is 197. The van der Waals surface area contributed by atoms with Crippen molar-refractivity contribution in [3.8, 4) is 0 Å². The zero-order valence-corrected chi connectivity index (χ0v) is 11.8. The molecule has 0 saturated carbocycles. The van der Waals surface area contributed by atoms with Gasteiger partial charge in [-0.2, -0.15) is 0 Å². The molecule has 3 heteroatoms. The highest BCUT2D eigenvalue weighted by Crippen LogP contribution is 2.16. The summed E-state index contributed by atoms with van der Waals surface area (Å²) in [5.41, 5.74) is 5.77. The highest BCUT2D eigenvalue weighted by atomic mass is 16.5. The maximum atomic E-state index is 5.77. The lowest BCUT2D eigenvalue weighted by Crippen LogP contribution is -2.41. The maximum Gasteiger partial charge on any atom is 0.0698 e. The number of piperidine rings is 1. The molecule has 1 aliphatic heterocycles. The average Bonchev–Trinajstić information content (AvgIpc) is 2.28. The maximum absolute atomic E-state index is 5.77. The van der Waals surface area contributed by atoms with Gasteiger partial charge < -0.3 is 15.4 Å². The van der Waals surface area contributed by atoms with Gasteiger partial charge >= 0.3 is 0 Å². The van der Waals surface area contributed by atoms with Crippen LogP contribution in [0, 0.1) is 5.92 Å². The number of nitrogens with two attached hydrogens (primary N) is 1. The van der Waals surface area contributed by atoms with Gasteiger partial charge in [0.25, 0.3) is 0 Å². The van der Waals surface area contributed by atoms with Gasteiger partial charge in [0.1, 0.15) is 0 Å². The molecule has 3 unspecified atom stereocenters. The SMILES string of the molecule is COC1CCCN(CC(C)CCCC(C)N)C1. The van der Waals surface area contributed by atoms with Gasteiger partial charge in [-0.15, -0.1) is 0 Å². The first kappa shape index (κ1) is 14.9. The zero-order chi connectivity index (χ0) is 12.7. The van der Waals surface area contributed by atoms with E-state index in [1.54, 1.807) is 0 Å². The number of hydrogen-bond acceptors (Lipinski definition) is 3. The number of hydrogen-bond donors (Lipinski definition) is 1. The molecule has 3 atom stereocenters. The van der Waals surface area contributed by atoms with E-state index >= 15 is 0 Å². The summed E-state index contributed by atoms with van der Waals surface area (Å²) in [4.78, 5) is 2.56. The van der Waals surface area contributed by atoms with E-state index < -0.39 is 0 Å². The molecule has 0 aromatic rings. The van der Waals surface area contributed by atoms with E-state index in [9.17, 15) is 0 Å². The quantitative estimate of drug-likeness (QED) is 0.744. The molecule has 3 nitrogen and oxygen atoms in total. The summed E-state index contributed by atoms with van der Waals surface area (Å²) in [7, 11) is 1.83. The lowest BCUT2D eigenvalue weighted by molar-refractivity contribution is 0.0262. The van der Waals surface area contributed by atoms with Crippen LogP contribution in [-0.4, -0.2) is 43.8 Å². The molecule has 102 valence electrons. The van der Waals surface area contributed by atoms with Gasteiger partial charge in [-0.3, -0.25) is 0 Å². The molecule has 17 heavy (non-hydrogen) atoms. The van der Waals surface area contributed by atoms with E-state index in [0.29, 0.717) is 12.1 Å². The molecular formula is C14H30N2O. The van der Waals surface area contributed by atoms with Crippen LogP contribution < -0.4 is 5.73 Å². The van der Waals surface area contributed by atoms with E-state index in [1.165, 1.54) is 38.8 Å². The third-order valence-electron chi connectivity index (χ3n) is 3.72. The van der Waals surface area contributed by atoms with Gasteiger partial charge in [0.2, 0.25) is 0 Å². The van der Waals surface area contributed by atoms with Crippen molar-refractivity contribution in [2.45, 2.75) is 58.1 Å². The summed E-state index contributed by atoms with van der Waals surface area (Å²) in [6.45, 7) is 8.04. The molecule has 0 aliphatic carbocycles. The van der Waals surface area contributed by atoms with Crippen molar-refractivity contribution in [2.75, 3.05) is 26.7 Å². The van der Waals surface area contributed by atoms with Crippen molar-refractivity contribution < 1.29 is 4.74 Å². The van der Waals surface area contributed by atoms with Gasteiger partial charge in [-0.1, -0.05) is 13.3 Å². The summed E-state index contributed by atoms with van der Waals surface area (Å²) in [5.74, 6) is 0.782. The Balaban J connectivity index is 2.14. The van der Waals surface area contributed by atoms with Crippen LogP contribution in [0.1, 0.15) is 46.0 Å². The number of ether oxygens (including phenoxy) is 1. The van der Waals surface area contributed by atoms with Crippen LogP contribution in [0.25, 0.3) is 0 Å². The molecule has 1 heterocycles. The molecule has 1 aliphatic rings. The summed E-state index contributed by atoms with van der Waals surface area (Å²) in [6, 6.07) is 0.357. The van der Waals surface area contributed by atoms with Gasteiger partial charge in [-0.05, 0) is 45.1 Å². The Morgan fingerprint density at radius 1 is 1.35 bits per heavy atom. The summed E-state index contributed by atoms with van der Waals surface area (Å²) in [6.07, 6.45) is 6.69. The fourth-order valence-corrected chi connectivity index (χ4v) is 2.69. The molecular weight excluding hydrogens is 212 g/mol. The average molecular weight is 242 g/mol. The van der Waals surface area contributed by atoms with Crippen LogP contribution in [0.15, 0.2) is 0 Å². The minimum absolute atomic E-state index is 0.357. The second-order valence-electron chi connectivity index (χ2n) is 5.77. The van der Waals surface area contributed by atoms with Gasteiger partial charge in [0.15, 0.2) is 0 Å². The fraction of sp³-hybridized carbons (Fsp3) is 1.00. The predicted octanol–water partition coefficient (Wildman–Crippen LogP) is 2.25. The lowest BCUT2D eigenvalue weighted by atomic mass is 10.00. The van der Waals surface area contributed by atoms with Gasteiger partial charge in [-0.25, -0.2) is 0 Å². The molecule has 0 spiro atoms. The Morgan fingerprint density at radius 3 is 2.76 bits per heavy atom. The van der Waals surface area contributed by atoms with E-state index in [4.69, 9.17) is 10.5 Å². The molecule has 0 aromatic heterocycles.